The van der Waals surface area contributed by atoms with E-state index in [0.29, 0.717) is 5.92 Å². The molecule has 0 saturated heterocycles. The molecule has 0 aliphatic carbocycles. The third kappa shape index (κ3) is 2.17. The number of hydrogen-bond donors (Lipinski definition) is 0. The van der Waals surface area contributed by atoms with E-state index in [1.165, 1.54) is 17.0 Å². The summed E-state index contributed by atoms with van der Waals surface area (Å²) < 4.78 is 2.08. The van der Waals surface area contributed by atoms with Crippen molar-refractivity contribution in [2.75, 3.05) is 0 Å². The van der Waals surface area contributed by atoms with Crippen molar-refractivity contribution in [1.82, 2.24) is 14.8 Å². The molecule has 18 heavy (non-hydrogen) atoms. The molecule has 0 amide bonds. The Balaban J connectivity index is 2.62. The second-order valence-corrected chi connectivity index (χ2v) is 4.79. The first-order valence-corrected chi connectivity index (χ1v) is 6.70. The van der Waals surface area contributed by atoms with Crippen LogP contribution >= 0.6 is 0 Å². The Labute approximate surface area is 109 Å². The fraction of sp³-hybridized carbons (Fsp3) is 0.467. The summed E-state index contributed by atoms with van der Waals surface area (Å²) in [5, 5.41) is 4.78. The number of nitrogens with zero attached hydrogens (tertiary/aromatic N) is 3. The maximum atomic E-state index is 4.78. The standard InChI is InChI=1S/C15H21N3/c1-5-13-15(11(3)4)14(6-2)18(17-13)12-7-9-16-10-8-12/h7-11H,5-6H2,1-4H3. The highest BCUT2D eigenvalue weighted by Crippen LogP contribution is 2.26. The number of hydrogen-bond acceptors (Lipinski definition) is 2. The number of aryl methyl sites for hydroxylation is 1. The predicted octanol–water partition coefficient (Wildman–Crippen LogP) is 3.52. The van der Waals surface area contributed by atoms with Gasteiger partial charge in [-0.2, -0.15) is 5.10 Å². The molecule has 0 aromatic carbocycles. The minimum absolute atomic E-state index is 0.519. The molecule has 2 aromatic rings. The summed E-state index contributed by atoms with van der Waals surface area (Å²) in [5.41, 5.74) is 5.06. The monoisotopic (exact) mass is 243 g/mol. The summed E-state index contributed by atoms with van der Waals surface area (Å²) in [7, 11) is 0. The lowest BCUT2D eigenvalue weighted by molar-refractivity contribution is 0.785. The van der Waals surface area contributed by atoms with Crippen molar-refractivity contribution in [3.63, 3.8) is 0 Å². The maximum Gasteiger partial charge on any atom is 0.0679 e. The molecule has 0 radical (unpaired) electrons. The average Bonchev–Trinajstić information content (AvgIpc) is 2.78. The van der Waals surface area contributed by atoms with Crippen LogP contribution in [0.3, 0.4) is 0 Å². The van der Waals surface area contributed by atoms with Gasteiger partial charge in [0.1, 0.15) is 0 Å². The fourth-order valence-corrected chi connectivity index (χ4v) is 2.48. The minimum Gasteiger partial charge on any atom is -0.265 e. The van der Waals surface area contributed by atoms with E-state index in [0.717, 1.165) is 18.5 Å². The van der Waals surface area contributed by atoms with Gasteiger partial charge in [-0.1, -0.05) is 27.7 Å². The molecule has 0 saturated carbocycles. The molecular weight excluding hydrogens is 222 g/mol. The van der Waals surface area contributed by atoms with Crippen LogP contribution in [0.25, 0.3) is 5.69 Å². The van der Waals surface area contributed by atoms with Gasteiger partial charge in [0, 0.05) is 18.1 Å². The molecular formula is C15H21N3. The van der Waals surface area contributed by atoms with Crippen LogP contribution in [-0.2, 0) is 12.8 Å². The molecule has 0 fully saturated rings. The van der Waals surface area contributed by atoms with Crippen LogP contribution in [0.5, 0.6) is 0 Å². The highest BCUT2D eigenvalue weighted by atomic mass is 15.3. The smallest absolute Gasteiger partial charge is 0.0679 e. The van der Waals surface area contributed by atoms with E-state index >= 15 is 0 Å². The zero-order valence-corrected chi connectivity index (χ0v) is 11.6. The van der Waals surface area contributed by atoms with E-state index in [1.807, 2.05) is 24.5 Å². The van der Waals surface area contributed by atoms with Crippen molar-refractivity contribution in [2.45, 2.75) is 46.5 Å². The Kier molecular flexibility index (Phi) is 3.80. The van der Waals surface area contributed by atoms with Crippen LogP contribution in [0.2, 0.25) is 0 Å². The van der Waals surface area contributed by atoms with Gasteiger partial charge in [-0.3, -0.25) is 4.98 Å². The highest BCUT2D eigenvalue weighted by Gasteiger charge is 2.18. The largest absolute Gasteiger partial charge is 0.265 e. The van der Waals surface area contributed by atoms with E-state index in [-0.39, 0.29) is 0 Å². The van der Waals surface area contributed by atoms with Crippen molar-refractivity contribution in [3.05, 3.63) is 41.5 Å². The fourth-order valence-electron chi connectivity index (χ4n) is 2.48. The van der Waals surface area contributed by atoms with Gasteiger partial charge >= 0.3 is 0 Å². The number of aromatic nitrogens is 3. The second-order valence-electron chi connectivity index (χ2n) is 4.79. The Morgan fingerprint density at radius 3 is 2.28 bits per heavy atom. The molecule has 0 unspecified atom stereocenters. The van der Waals surface area contributed by atoms with Crippen LogP contribution in [0.4, 0.5) is 0 Å². The van der Waals surface area contributed by atoms with Crippen molar-refractivity contribution < 1.29 is 0 Å². The SMILES string of the molecule is CCc1nn(-c2ccncc2)c(CC)c1C(C)C. The first-order chi connectivity index (χ1) is 8.69. The molecule has 0 aliphatic heterocycles. The van der Waals surface area contributed by atoms with Crippen molar-refractivity contribution in [1.29, 1.82) is 0 Å². The van der Waals surface area contributed by atoms with Crippen molar-refractivity contribution in [3.8, 4) is 5.69 Å². The Bertz CT molecular complexity index is 512. The normalized spacial score (nSPS) is 11.2. The quantitative estimate of drug-likeness (QED) is 0.822. The van der Waals surface area contributed by atoms with Crippen molar-refractivity contribution in [2.24, 2.45) is 0 Å². The van der Waals surface area contributed by atoms with Crippen LogP contribution in [-0.4, -0.2) is 14.8 Å². The maximum absolute atomic E-state index is 4.78. The van der Waals surface area contributed by atoms with E-state index in [4.69, 9.17) is 5.10 Å². The van der Waals surface area contributed by atoms with Crippen LogP contribution < -0.4 is 0 Å². The van der Waals surface area contributed by atoms with E-state index in [2.05, 4.69) is 37.4 Å². The Morgan fingerprint density at radius 2 is 1.78 bits per heavy atom. The van der Waals surface area contributed by atoms with Crippen LogP contribution in [0.15, 0.2) is 24.5 Å². The summed E-state index contributed by atoms with van der Waals surface area (Å²) >= 11 is 0. The van der Waals surface area contributed by atoms with E-state index in [1.54, 1.807) is 0 Å². The predicted molar refractivity (Wildman–Crippen MR) is 74.2 cm³/mol. The molecule has 2 heterocycles. The molecule has 3 heteroatoms. The lowest BCUT2D eigenvalue weighted by Crippen LogP contribution is -2.03. The zero-order valence-electron chi connectivity index (χ0n) is 11.6. The first-order valence-electron chi connectivity index (χ1n) is 6.70. The summed E-state index contributed by atoms with van der Waals surface area (Å²) in [5.74, 6) is 0.519. The second kappa shape index (κ2) is 5.34. The zero-order chi connectivity index (χ0) is 13.1. The number of pyridine rings is 1. The lowest BCUT2D eigenvalue weighted by Gasteiger charge is -2.10. The summed E-state index contributed by atoms with van der Waals surface area (Å²) in [4.78, 5) is 4.07. The number of rotatable bonds is 4. The summed E-state index contributed by atoms with van der Waals surface area (Å²) in [6, 6.07) is 4.02. The van der Waals surface area contributed by atoms with E-state index in [9.17, 15) is 0 Å². The molecule has 0 spiro atoms. The van der Waals surface area contributed by atoms with E-state index < -0.39 is 0 Å². The molecule has 3 nitrogen and oxygen atoms in total. The van der Waals surface area contributed by atoms with Gasteiger partial charge in [0.05, 0.1) is 11.4 Å². The third-order valence-corrected chi connectivity index (χ3v) is 3.25. The first kappa shape index (κ1) is 12.8. The van der Waals surface area contributed by atoms with Crippen LogP contribution in [0, 0.1) is 0 Å². The minimum atomic E-state index is 0.519. The molecule has 0 aliphatic rings. The van der Waals surface area contributed by atoms with Gasteiger partial charge in [0.2, 0.25) is 0 Å². The summed E-state index contributed by atoms with van der Waals surface area (Å²) in [6.45, 7) is 8.85. The third-order valence-electron chi connectivity index (χ3n) is 3.25. The molecule has 96 valence electrons. The average molecular weight is 243 g/mol. The van der Waals surface area contributed by atoms with Crippen LogP contribution in [0.1, 0.15) is 50.6 Å². The lowest BCUT2D eigenvalue weighted by atomic mass is 9.98. The molecule has 2 rings (SSSR count). The highest BCUT2D eigenvalue weighted by molar-refractivity contribution is 5.38. The van der Waals surface area contributed by atoms with Gasteiger partial charge in [-0.15, -0.1) is 0 Å². The Morgan fingerprint density at radius 1 is 1.11 bits per heavy atom. The van der Waals surface area contributed by atoms with Gasteiger partial charge < -0.3 is 0 Å². The topological polar surface area (TPSA) is 30.7 Å². The molecule has 0 atom stereocenters. The molecule has 2 aromatic heterocycles. The molecule has 0 bridgehead atoms. The molecule has 0 N–H and O–H groups in total. The van der Waals surface area contributed by atoms with Gasteiger partial charge in [0.15, 0.2) is 0 Å². The summed E-state index contributed by atoms with van der Waals surface area (Å²) in [6.07, 6.45) is 5.62. The van der Waals surface area contributed by atoms with Gasteiger partial charge in [-0.25, -0.2) is 4.68 Å². The Hall–Kier alpha value is -1.64. The van der Waals surface area contributed by atoms with Gasteiger partial charge in [0.25, 0.3) is 0 Å². The van der Waals surface area contributed by atoms with Crippen molar-refractivity contribution >= 4 is 0 Å². The van der Waals surface area contributed by atoms with Gasteiger partial charge in [-0.05, 0) is 36.5 Å².